The number of hydrogen-bond donors (Lipinski definition) is 1. The van der Waals surface area contributed by atoms with Gasteiger partial charge in [0, 0.05) is 15.7 Å². The van der Waals surface area contributed by atoms with Gasteiger partial charge in [0.1, 0.15) is 5.75 Å². The maximum absolute atomic E-state index is 5.68. The van der Waals surface area contributed by atoms with Crippen LogP contribution in [0.4, 0.5) is 5.69 Å². The van der Waals surface area contributed by atoms with E-state index in [1.54, 1.807) is 0 Å². The largest absolute Gasteiger partial charge is 0.493 e. The van der Waals surface area contributed by atoms with Crippen LogP contribution in [0.3, 0.4) is 0 Å². The van der Waals surface area contributed by atoms with Crippen molar-refractivity contribution >= 4 is 28.3 Å². The highest BCUT2D eigenvalue weighted by Gasteiger charge is 1.96. The molecule has 3 heteroatoms. The number of nitrogen functional groups attached to an aromatic ring is 1. The lowest BCUT2D eigenvalue weighted by atomic mass is 10.1. The molecule has 0 radical (unpaired) electrons. The fourth-order valence-corrected chi connectivity index (χ4v) is 2.04. The van der Waals surface area contributed by atoms with Crippen molar-refractivity contribution in [1.29, 1.82) is 0 Å². The highest BCUT2D eigenvalue weighted by molar-refractivity contribution is 14.1. The van der Waals surface area contributed by atoms with E-state index in [0.29, 0.717) is 6.61 Å². The maximum atomic E-state index is 5.68. The smallest absolute Gasteiger partial charge is 0.120 e. The Balaban J connectivity index is 1.85. The molecular formula is C14H14INO. The molecule has 0 amide bonds. The molecule has 0 bridgehead atoms. The summed E-state index contributed by atoms with van der Waals surface area (Å²) in [7, 11) is 0. The van der Waals surface area contributed by atoms with Gasteiger partial charge in [0.05, 0.1) is 6.61 Å². The molecule has 2 nitrogen and oxygen atoms in total. The van der Waals surface area contributed by atoms with Crippen LogP contribution in [0.5, 0.6) is 5.75 Å². The van der Waals surface area contributed by atoms with E-state index in [1.807, 2.05) is 48.5 Å². The van der Waals surface area contributed by atoms with E-state index in [4.69, 9.17) is 10.5 Å². The maximum Gasteiger partial charge on any atom is 0.120 e. The zero-order chi connectivity index (χ0) is 12.1. The Hall–Kier alpha value is -1.23. The van der Waals surface area contributed by atoms with Gasteiger partial charge in [-0.25, -0.2) is 0 Å². The Labute approximate surface area is 115 Å². The zero-order valence-electron chi connectivity index (χ0n) is 9.40. The van der Waals surface area contributed by atoms with E-state index in [1.165, 1.54) is 9.13 Å². The Kier molecular flexibility index (Phi) is 4.25. The van der Waals surface area contributed by atoms with E-state index < -0.39 is 0 Å². The van der Waals surface area contributed by atoms with E-state index in [2.05, 4.69) is 22.6 Å². The van der Waals surface area contributed by atoms with E-state index in [-0.39, 0.29) is 0 Å². The number of hydrogen-bond acceptors (Lipinski definition) is 2. The van der Waals surface area contributed by atoms with Crippen molar-refractivity contribution in [2.24, 2.45) is 0 Å². The fourth-order valence-electron chi connectivity index (χ4n) is 1.53. The van der Waals surface area contributed by atoms with Crippen LogP contribution < -0.4 is 10.5 Å². The molecule has 0 saturated carbocycles. The molecule has 0 heterocycles. The predicted octanol–water partition coefficient (Wildman–Crippen LogP) is 3.49. The van der Waals surface area contributed by atoms with Crippen LogP contribution in [0.25, 0.3) is 0 Å². The van der Waals surface area contributed by atoms with Crippen LogP contribution in [0, 0.1) is 3.57 Å². The number of nitrogens with two attached hydrogens (primary N) is 1. The highest BCUT2D eigenvalue weighted by atomic mass is 127. The average Bonchev–Trinajstić information content (AvgIpc) is 2.32. The summed E-state index contributed by atoms with van der Waals surface area (Å²) in [5.41, 5.74) is 7.67. The van der Waals surface area contributed by atoms with Gasteiger partial charge in [-0.1, -0.05) is 18.2 Å². The van der Waals surface area contributed by atoms with Crippen LogP contribution in [-0.4, -0.2) is 6.61 Å². The average molecular weight is 339 g/mol. The second kappa shape index (κ2) is 5.91. The summed E-state index contributed by atoms with van der Waals surface area (Å²) >= 11 is 2.28. The highest BCUT2D eigenvalue weighted by Crippen LogP contribution is 2.15. The number of anilines is 1. The number of benzene rings is 2. The fraction of sp³-hybridized carbons (Fsp3) is 0.143. The number of halogens is 1. The molecule has 0 spiro atoms. The molecule has 2 rings (SSSR count). The van der Waals surface area contributed by atoms with E-state index in [0.717, 1.165) is 17.9 Å². The Bertz CT molecular complexity index is 482. The van der Waals surface area contributed by atoms with Crippen molar-refractivity contribution in [3.63, 3.8) is 0 Å². The van der Waals surface area contributed by atoms with Crippen molar-refractivity contribution in [2.45, 2.75) is 6.42 Å². The molecule has 0 unspecified atom stereocenters. The number of ether oxygens (including phenoxy) is 1. The van der Waals surface area contributed by atoms with Gasteiger partial charge < -0.3 is 10.5 Å². The minimum absolute atomic E-state index is 0.685. The summed E-state index contributed by atoms with van der Waals surface area (Å²) in [4.78, 5) is 0. The van der Waals surface area contributed by atoms with Crippen molar-refractivity contribution in [2.75, 3.05) is 12.3 Å². The number of rotatable bonds is 4. The lowest BCUT2D eigenvalue weighted by Crippen LogP contribution is -2.01. The van der Waals surface area contributed by atoms with Crippen LogP contribution in [0.15, 0.2) is 48.5 Å². The molecule has 0 aliphatic rings. The summed E-state index contributed by atoms with van der Waals surface area (Å²) in [6, 6.07) is 16.0. The lowest BCUT2D eigenvalue weighted by molar-refractivity contribution is 0.322. The molecule has 2 aromatic carbocycles. The van der Waals surface area contributed by atoms with Gasteiger partial charge in [0.25, 0.3) is 0 Å². The molecule has 2 N–H and O–H groups in total. The van der Waals surface area contributed by atoms with E-state index in [9.17, 15) is 0 Å². The van der Waals surface area contributed by atoms with Crippen molar-refractivity contribution in [3.8, 4) is 5.75 Å². The summed E-state index contributed by atoms with van der Waals surface area (Å²) in [5, 5.41) is 0. The zero-order valence-corrected chi connectivity index (χ0v) is 11.6. The second-order valence-electron chi connectivity index (χ2n) is 3.80. The SMILES string of the molecule is Nc1ccc(CCOc2cccc(I)c2)cc1. The molecule has 0 atom stereocenters. The normalized spacial score (nSPS) is 10.2. The molecule has 2 aromatic rings. The third kappa shape index (κ3) is 3.93. The van der Waals surface area contributed by atoms with Gasteiger partial charge in [0.2, 0.25) is 0 Å². The van der Waals surface area contributed by atoms with Gasteiger partial charge in [-0.15, -0.1) is 0 Å². The second-order valence-corrected chi connectivity index (χ2v) is 5.04. The van der Waals surface area contributed by atoms with Crippen molar-refractivity contribution in [3.05, 3.63) is 57.7 Å². The van der Waals surface area contributed by atoms with E-state index >= 15 is 0 Å². The molecule has 0 aliphatic carbocycles. The monoisotopic (exact) mass is 339 g/mol. The summed E-state index contributed by atoms with van der Waals surface area (Å²) in [5.74, 6) is 0.923. The molecular weight excluding hydrogens is 325 g/mol. The first-order chi connectivity index (χ1) is 8.24. The minimum Gasteiger partial charge on any atom is -0.493 e. The molecule has 0 aliphatic heterocycles. The topological polar surface area (TPSA) is 35.2 Å². The molecule has 17 heavy (non-hydrogen) atoms. The van der Waals surface area contributed by atoms with Gasteiger partial charge in [-0.2, -0.15) is 0 Å². The quantitative estimate of drug-likeness (QED) is 0.684. The van der Waals surface area contributed by atoms with Gasteiger partial charge in [-0.05, 0) is 58.5 Å². The summed E-state index contributed by atoms with van der Waals surface area (Å²) < 4.78 is 6.87. The first-order valence-electron chi connectivity index (χ1n) is 5.47. The van der Waals surface area contributed by atoms with Crippen LogP contribution >= 0.6 is 22.6 Å². The van der Waals surface area contributed by atoms with Crippen LogP contribution in [-0.2, 0) is 6.42 Å². The first kappa shape index (κ1) is 12.2. The molecule has 0 fully saturated rings. The summed E-state index contributed by atoms with van der Waals surface area (Å²) in [6.45, 7) is 0.685. The van der Waals surface area contributed by atoms with Gasteiger partial charge >= 0.3 is 0 Å². The Morgan fingerprint density at radius 1 is 1.06 bits per heavy atom. The third-order valence-electron chi connectivity index (χ3n) is 2.44. The molecule has 0 aromatic heterocycles. The van der Waals surface area contributed by atoms with Crippen molar-refractivity contribution in [1.82, 2.24) is 0 Å². The minimum atomic E-state index is 0.685. The van der Waals surface area contributed by atoms with Crippen LogP contribution in [0.1, 0.15) is 5.56 Å². The van der Waals surface area contributed by atoms with Gasteiger partial charge in [0.15, 0.2) is 0 Å². The van der Waals surface area contributed by atoms with Crippen LogP contribution in [0.2, 0.25) is 0 Å². The summed E-state index contributed by atoms with van der Waals surface area (Å²) in [6.07, 6.45) is 0.895. The van der Waals surface area contributed by atoms with Gasteiger partial charge in [-0.3, -0.25) is 0 Å². The first-order valence-corrected chi connectivity index (χ1v) is 6.55. The Morgan fingerprint density at radius 2 is 1.82 bits per heavy atom. The molecule has 0 saturated heterocycles. The Morgan fingerprint density at radius 3 is 2.53 bits per heavy atom. The standard InChI is InChI=1S/C14H14INO/c15-12-2-1-3-14(10-12)17-9-8-11-4-6-13(16)7-5-11/h1-7,10H,8-9,16H2. The molecule has 88 valence electrons. The third-order valence-corrected chi connectivity index (χ3v) is 3.11. The van der Waals surface area contributed by atoms with Crippen molar-refractivity contribution < 1.29 is 4.74 Å². The lowest BCUT2D eigenvalue weighted by Gasteiger charge is -2.06. The predicted molar refractivity (Wildman–Crippen MR) is 79.2 cm³/mol.